The van der Waals surface area contributed by atoms with E-state index in [-0.39, 0.29) is 28.5 Å². The van der Waals surface area contributed by atoms with E-state index in [1.807, 2.05) is 0 Å². The first-order valence-corrected chi connectivity index (χ1v) is 11.6. The van der Waals surface area contributed by atoms with Crippen LogP contribution in [0.2, 0.25) is 5.02 Å². The van der Waals surface area contributed by atoms with E-state index in [1.54, 1.807) is 0 Å². The summed E-state index contributed by atoms with van der Waals surface area (Å²) in [4.78, 5) is 28.4. The highest BCUT2D eigenvalue weighted by Crippen LogP contribution is 2.30. The number of carbonyl (C=O) groups excluding carboxylic acids is 2. The monoisotopic (exact) mass is 457 g/mol. The summed E-state index contributed by atoms with van der Waals surface area (Å²) in [5.41, 5.74) is 6.86. The van der Waals surface area contributed by atoms with Gasteiger partial charge < -0.3 is 0 Å². The van der Waals surface area contributed by atoms with Gasteiger partial charge in [0.2, 0.25) is 5.91 Å². The Balaban J connectivity index is 1.43. The lowest BCUT2D eigenvalue weighted by Crippen LogP contribution is -2.52. The van der Waals surface area contributed by atoms with Crippen molar-refractivity contribution in [3.8, 4) is 0 Å². The van der Waals surface area contributed by atoms with Gasteiger partial charge in [0.1, 0.15) is 5.82 Å². The van der Waals surface area contributed by atoms with Gasteiger partial charge in [0.25, 0.3) is 5.91 Å². The summed E-state index contributed by atoms with van der Waals surface area (Å²) in [6, 6.07) is 10.2. The number of aryl methyl sites for hydroxylation is 1. The molecule has 2 aromatic rings. The number of piperidine rings is 1. The summed E-state index contributed by atoms with van der Waals surface area (Å²) in [6.45, 7) is 6.71. The maximum atomic E-state index is 13.4. The molecule has 0 radical (unpaired) electrons. The lowest BCUT2D eigenvalue weighted by atomic mass is 9.95. The van der Waals surface area contributed by atoms with Gasteiger partial charge in [-0.3, -0.25) is 24.9 Å². The lowest BCUT2D eigenvalue weighted by molar-refractivity contribution is -0.140. The van der Waals surface area contributed by atoms with Crippen molar-refractivity contribution in [3.63, 3.8) is 0 Å². The second-order valence-electron chi connectivity index (χ2n) is 8.94. The normalized spacial score (nSPS) is 18.9. The molecule has 1 N–H and O–H groups in total. The molecule has 1 saturated heterocycles. The van der Waals surface area contributed by atoms with Crippen LogP contribution in [-0.4, -0.2) is 40.9 Å². The molecule has 0 bridgehead atoms. The predicted molar refractivity (Wildman–Crippen MR) is 123 cm³/mol. The topological polar surface area (TPSA) is 52.7 Å². The van der Waals surface area contributed by atoms with E-state index in [4.69, 9.17) is 11.6 Å². The number of amides is 2. The Morgan fingerprint density at radius 3 is 2.69 bits per heavy atom. The Hall–Kier alpha value is -2.44. The fourth-order valence-corrected chi connectivity index (χ4v) is 4.47. The highest BCUT2D eigenvalue weighted by molar-refractivity contribution is 6.31. The van der Waals surface area contributed by atoms with Crippen LogP contribution >= 0.6 is 11.6 Å². The Labute approximate surface area is 193 Å². The molecule has 0 spiro atoms. The number of hydrazine groups is 1. The average Bonchev–Trinajstić information content (AvgIpc) is 3.62. The van der Waals surface area contributed by atoms with E-state index in [0.717, 1.165) is 44.8 Å². The van der Waals surface area contributed by atoms with Crippen LogP contribution in [-0.2, 0) is 11.3 Å². The number of hydrogen-bond donors (Lipinski definition) is 1. The maximum absolute atomic E-state index is 13.4. The molecule has 0 aromatic heterocycles. The van der Waals surface area contributed by atoms with Crippen LogP contribution in [0.15, 0.2) is 36.4 Å². The first-order valence-electron chi connectivity index (χ1n) is 11.2. The van der Waals surface area contributed by atoms with Gasteiger partial charge in [-0.2, -0.15) is 0 Å². The first kappa shape index (κ1) is 22.7. The molecular formula is C25H29ClFN3O2. The molecule has 2 aromatic carbocycles. The first-order chi connectivity index (χ1) is 15.3. The van der Waals surface area contributed by atoms with E-state index in [9.17, 15) is 14.0 Å². The molecule has 4 rings (SSSR count). The SMILES string of the molecule is Cc1cccc(CN2CCCC(C(=O)N(NC(=O)c3ccc(F)c(Cl)c3)C3CC3)C2)c1C. The van der Waals surface area contributed by atoms with Crippen molar-refractivity contribution in [1.82, 2.24) is 15.3 Å². The third-order valence-corrected chi connectivity index (χ3v) is 6.81. The van der Waals surface area contributed by atoms with Crippen LogP contribution in [0.25, 0.3) is 0 Å². The van der Waals surface area contributed by atoms with Crippen molar-refractivity contribution < 1.29 is 14.0 Å². The molecule has 1 saturated carbocycles. The molecule has 7 heteroatoms. The standard InChI is InChI=1S/C25H29ClFN3O2/c1-16-5-3-6-19(17(16)2)14-29-12-4-7-20(15-29)25(32)30(21-9-10-21)28-24(31)18-8-11-23(27)22(26)13-18/h3,5-6,8,11,13,20-21H,4,7,9-10,12,14-15H2,1-2H3,(H,28,31). The largest absolute Gasteiger partial charge is 0.298 e. The van der Waals surface area contributed by atoms with E-state index < -0.39 is 11.7 Å². The summed E-state index contributed by atoms with van der Waals surface area (Å²) in [7, 11) is 0. The van der Waals surface area contributed by atoms with Gasteiger partial charge in [0, 0.05) is 18.7 Å². The van der Waals surface area contributed by atoms with Gasteiger partial charge in [-0.15, -0.1) is 0 Å². The zero-order valence-electron chi connectivity index (χ0n) is 18.5. The van der Waals surface area contributed by atoms with Gasteiger partial charge in [-0.25, -0.2) is 4.39 Å². The minimum absolute atomic E-state index is 0.0248. The minimum Gasteiger partial charge on any atom is -0.298 e. The predicted octanol–water partition coefficient (Wildman–Crippen LogP) is 4.64. The van der Waals surface area contributed by atoms with Crippen molar-refractivity contribution in [2.24, 2.45) is 5.92 Å². The van der Waals surface area contributed by atoms with Crippen LogP contribution in [0.4, 0.5) is 4.39 Å². The second-order valence-corrected chi connectivity index (χ2v) is 9.35. The molecule has 1 heterocycles. The summed E-state index contributed by atoms with van der Waals surface area (Å²) >= 11 is 5.82. The highest BCUT2D eigenvalue weighted by atomic mass is 35.5. The Morgan fingerprint density at radius 2 is 1.97 bits per heavy atom. The fraction of sp³-hybridized carbons (Fsp3) is 0.440. The smallest absolute Gasteiger partial charge is 0.269 e. The van der Waals surface area contributed by atoms with Crippen molar-refractivity contribution in [2.45, 2.75) is 52.1 Å². The van der Waals surface area contributed by atoms with Crippen molar-refractivity contribution >= 4 is 23.4 Å². The van der Waals surface area contributed by atoms with E-state index in [0.29, 0.717) is 6.54 Å². The van der Waals surface area contributed by atoms with Crippen LogP contribution < -0.4 is 5.43 Å². The molecular weight excluding hydrogens is 429 g/mol. The maximum Gasteiger partial charge on any atom is 0.269 e. The third-order valence-electron chi connectivity index (χ3n) is 6.52. The Morgan fingerprint density at radius 1 is 1.19 bits per heavy atom. The fourth-order valence-electron chi connectivity index (χ4n) is 4.29. The van der Waals surface area contributed by atoms with E-state index in [1.165, 1.54) is 33.8 Å². The Bertz CT molecular complexity index is 1020. The average molecular weight is 458 g/mol. The van der Waals surface area contributed by atoms with Gasteiger partial charge >= 0.3 is 0 Å². The highest BCUT2D eigenvalue weighted by Gasteiger charge is 2.38. The molecule has 5 nitrogen and oxygen atoms in total. The number of rotatable bonds is 5. The van der Waals surface area contributed by atoms with Crippen molar-refractivity contribution in [2.75, 3.05) is 13.1 Å². The summed E-state index contributed by atoms with van der Waals surface area (Å²) in [5, 5.41) is 1.39. The number of nitrogens with one attached hydrogen (secondary N) is 1. The number of benzene rings is 2. The zero-order valence-corrected chi connectivity index (χ0v) is 19.3. The molecule has 1 aliphatic heterocycles. The number of hydrogen-bond acceptors (Lipinski definition) is 3. The van der Waals surface area contributed by atoms with Gasteiger partial charge in [-0.1, -0.05) is 29.8 Å². The third kappa shape index (κ3) is 5.13. The van der Waals surface area contributed by atoms with Crippen molar-refractivity contribution in [1.29, 1.82) is 0 Å². The van der Waals surface area contributed by atoms with Gasteiger partial charge in [-0.05, 0) is 81.0 Å². The quantitative estimate of drug-likeness (QED) is 0.665. The molecule has 1 unspecified atom stereocenters. The van der Waals surface area contributed by atoms with Crippen molar-refractivity contribution in [3.05, 3.63) is 69.5 Å². The molecule has 1 aliphatic carbocycles. The molecule has 170 valence electrons. The Kier molecular flexibility index (Phi) is 6.82. The minimum atomic E-state index is -0.579. The molecule has 2 amide bonds. The van der Waals surface area contributed by atoms with Crippen LogP contribution in [0, 0.1) is 25.6 Å². The lowest BCUT2D eigenvalue weighted by Gasteiger charge is -2.35. The zero-order chi connectivity index (χ0) is 22.8. The van der Waals surface area contributed by atoms with Crippen LogP contribution in [0.3, 0.4) is 0 Å². The molecule has 2 aliphatic rings. The molecule has 1 atom stereocenters. The molecule has 32 heavy (non-hydrogen) atoms. The van der Waals surface area contributed by atoms with E-state index >= 15 is 0 Å². The molecule has 2 fully saturated rings. The van der Waals surface area contributed by atoms with E-state index in [2.05, 4.69) is 42.4 Å². The van der Waals surface area contributed by atoms with Gasteiger partial charge in [0.15, 0.2) is 0 Å². The summed E-state index contributed by atoms with van der Waals surface area (Å²) in [5.74, 6) is -1.23. The van der Waals surface area contributed by atoms with Crippen LogP contribution in [0.1, 0.15) is 52.7 Å². The summed E-state index contributed by atoms with van der Waals surface area (Å²) in [6.07, 6.45) is 3.50. The van der Waals surface area contributed by atoms with Crippen LogP contribution in [0.5, 0.6) is 0 Å². The number of nitrogens with zero attached hydrogens (tertiary/aromatic N) is 2. The number of halogens is 2. The second kappa shape index (κ2) is 9.59. The summed E-state index contributed by atoms with van der Waals surface area (Å²) < 4.78 is 13.4. The van der Waals surface area contributed by atoms with Gasteiger partial charge in [0.05, 0.1) is 17.0 Å². The number of likely N-dealkylation sites (tertiary alicyclic amines) is 1. The number of carbonyl (C=O) groups is 2.